The maximum absolute atomic E-state index is 4.82. The lowest BCUT2D eigenvalue weighted by molar-refractivity contribution is 0.154. The standard InChI is InChI=1S/C18H31N3/c1-4-21(18-11-6-5-7-12-18)14-17-10-8-9-16(20-17)13-19-15(2)3/h8-10,15,18-19H,4-7,11-14H2,1-3H3. The summed E-state index contributed by atoms with van der Waals surface area (Å²) in [5.41, 5.74) is 2.37. The highest BCUT2D eigenvalue weighted by atomic mass is 15.2. The lowest BCUT2D eigenvalue weighted by Crippen LogP contribution is -2.36. The quantitative estimate of drug-likeness (QED) is 0.829. The van der Waals surface area contributed by atoms with Crippen LogP contribution in [-0.2, 0) is 13.1 Å². The summed E-state index contributed by atoms with van der Waals surface area (Å²) in [6.07, 6.45) is 6.94. The van der Waals surface area contributed by atoms with Gasteiger partial charge < -0.3 is 5.32 Å². The van der Waals surface area contributed by atoms with Gasteiger partial charge >= 0.3 is 0 Å². The van der Waals surface area contributed by atoms with Crippen LogP contribution in [0.3, 0.4) is 0 Å². The fraction of sp³-hybridized carbons (Fsp3) is 0.722. The van der Waals surface area contributed by atoms with Gasteiger partial charge in [-0.2, -0.15) is 0 Å². The summed E-state index contributed by atoms with van der Waals surface area (Å²) >= 11 is 0. The molecule has 1 aromatic heterocycles. The SMILES string of the molecule is CCN(Cc1cccc(CNC(C)C)n1)C1CCCCC1. The first-order valence-electron chi connectivity index (χ1n) is 8.61. The van der Waals surface area contributed by atoms with E-state index in [0.717, 1.165) is 31.4 Å². The Hall–Kier alpha value is -0.930. The average molecular weight is 289 g/mol. The molecule has 0 amide bonds. The second kappa shape index (κ2) is 8.50. The minimum absolute atomic E-state index is 0.504. The van der Waals surface area contributed by atoms with Crippen molar-refractivity contribution in [2.75, 3.05) is 6.54 Å². The van der Waals surface area contributed by atoms with E-state index >= 15 is 0 Å². The Labute approximate surface area is 130 Å². The summed E-state index contributed by atoms with van der Waals surface area (Å²) in [7, 11) is 0. The van der Waals surface area contributed by atoms with Crippen molar-refractivity contribution in [1.29, 1.82) is 0 Å². The van der Waals surface area contributed by atoms with Gasteiger partial charge in [0, 0.05) is 25.2 Å². The summed E-state index contributed by atoms with van der Waals surface area (Å²) < 4.78 is 0. The molecule has 1 aliphatic rings. The molecule has 1 N–H and O–H groups in total. The van der Waals surface area contributed by atoms with E-state index < -0.39 is 0 Å². The molecule has 3 heteroatoms. The van der Waals surface area contributed by atoms with E-state index in [0.29, 0.717) is 6.04 Å². The molecule has 1 saturated carbocycles. The van der Waals surface area contributed by atoms with E-state index in [2.05, 4.69) is 49.2 Å². The van der Waals surface area contributed by atoms with Gasteiger partial charge in [0.25, 0.3) is 0 Å². The van der Waals surface area contributed by atoms with Crippen molar-refractivity contribution >= 4 is 0 Å². The number of aromatic nitrogens is 1. The van der Waals surface area contributed by atoms with E-state index in [-0.39, 0.29) is 0 Å². The van der Waals surface area contributed by atoms with Gasteiger partial charge in [0.2, 0.25) is 0 Å². The fourth-order valence-corrected chi connectivity index (χ4v) is 3.18. The topological polar surface area (TPSA) is 28.2 Å². The average Bonchev–Trinajstić information content (AvgIpc) is 2.52. The van der Waals surface area contributed by atoms with Crippen LogP contribution in [0, 0.1) is 0 Å². The van der Waals surface area contributed by atoms with Crippen molar-refractivity contribution in [3.8, 4) is 0 Å². The summed E-state index contributed by atoms with van der Waals surface area (Å²) in [6, 6.07) is 7.71. The molecule has 1 aromatic rings. The highest BCUT2D eigenvalue weighted by Gasteiger charge is 2.20. The number of hydrogen-bond donors (Lipinski definition) is 1. The van der Waals surface area contributed by atoms with E-state index in [1.807, 2.05) is 0 Å². The first kappa shape index (κ1) is 16.4. The first-order chi connectivity index (χ1) is 10.2. The molecular formula is C18H31N3. The van der Waals surface area contributed by atoms with Crippen LogP contribution in [0.4, 0.5) is 0 Å². The molecule has 0 aromatic carbocycles. The van der Waals surface area contributed by atoms with Gasteiger partial charge in [-0.25, -0.2) is 0 Å². The molecule has 0 radical (unpaired) electrons. The van der Waals surface area contributed by atoms with Crippen LogP contribution in [0.25, 0.3) is 0 Å². The second-order valence-electron chi connectivity index (χ2n) is 6.51. The van der Waals surface area contributed by atoms with E-state index in [1.165, 1.54) is 37.8 Å². The van der Waals surface area contributed by atoms with Crippen LogP contribution in [0.15, 0.2) is 18.2 Å². The number of nitrogens with one attached hydrogen (secondary N) is 1. The number of pyridine rings is 1. The number of rotatable bonds is 7. The van der Waals surface area contributed by atoms with Crippen LogP contribution in [0.5, 0.6) is 0 Å². The normalized spacial score (nSPS) is 16.8. The highest BCUT2D eigenvalue weighted by Crippen LogP contribution is 2.23. The third-order valence-electron chi connectivity index (χ3n) is 4.42. The molecule has 2 rings (SSSR count). The fourth-order valence-electron chi connectivity index (χ4n) is 3.18. The van der Waals surface area contributed by atoms with Crippen LogP contribution in [-0.4, -0.2) is 28.5 Å². The summed E-state index contributed by atoms with van der Waals surface area (Å²) in [6.45, 7) is 9.61. The predicted molar refractivity (Wildman–Crippen MR) is 89.2 cm³/mol. The third kappa shape index (κ3) is 5.40. The van der Waals surface area contributed by atoms with Gasteiger partial charge in [0.05, 0.1) is 11.4 Å². The van der Waals surface area contributed by atoms with Crippen LogP contribution in [0.1, 0.15) is 64.3 Å². The molecule has 0 unspecified atom stereocenters. The van der Waals surface area contributed by atoms with Crippen LogP contribution >= 0.6 is 0 Å². The molecule has 0 saturated heterocycles. The Morgan fingerprint density at radius 1 is 1.19 bits per heavy atom. The molecule has 1 heterocycles. The van der Waals surface area contributed by atoms with Gasteiger partial charge in [-0.3, -0.25) is 9.88 Å². The van der Waals surface area contributed by atoms with Gasteiger partial charge in [-0.15, -0.1) is 0 Å². The molecule has 3 nitrogen and oxygen atoms in total. The molecule has 118 valence electrons. The zero-order valence-electron chi connectivity index (χ0n) is 13.9. The van der Waals surface area contributed by atoms with Crippen molar-refractivity contribution in [1.82, 2.24) is 15.2 Å². The zero-order chi connectivity index (χ0) is 15.1. The van der Waals surface area contributed by atoms with Gasteiger partial charge in [-0.05, 0) is 31.5 Å². The third-order valence-corrected chi connectivity index (χ3v) is 4.42. The van der Waals surface area contributed by atoms with E-state index in [9.17, 15) is 0 Å². The van der Waals surface area contributed by atoms with Crippen molar-refractivity contribution in [2.45, 2.75) is 78.0 Å². The molecule has 0 atom stereocenters. The van der Waals surface area contributed by atoms with E-state index in [4.69, 9.17) is 4.98 Å². The molecule has 1 fully saturated rings. The molecular weight excluding hydrogens is 258 g/mol. The minimum atomic E-state index is 0.504. The van der Waals surface area contributed by atoms with Gasteiger partial charge in [-0.1, -0.05) is 46.1 Å². The molecule has 0 bridgehead atoms. The van der Waals surface area contributed by atoms with Gasteiger partial charge in [0.1, 0.15) is 0 Å². The molecule has 0 aliphatic heterocycles. The van der Waals surface area contributed by atoms with Crippen molar-refractivity contribution in [2.24, 2.45) is 0 Å². The Bertz CT molecular complexity index is 411. The van der Waals surface area contributed by atoms with Crippen molar-refractivity contribution in [3.63, 3.8) is 0 Å². The van der Waals surface area contributed by atoms with Gasteiger partial charge in [0.15, 0.2) is 0 Å². The molecule has 1 aliphatic carbocycles. The summed E-state index contributed by atoms with van der Waals surface area (Å²) in [4.78, 5) is 7.44. The van der Waals surface area contributed by atoms with Crippen molar-refractivity contribution in [3.05, 3.63) is 29.6 Å². The maximum atomic E-state index is 4.82. The summed E-state index contributed by atoms with van der Waals surface area (Å²) in [5, 5.41) is 3.44. The number of nitrogens with zero attached hydrogens (tertiary/aromatic N) is 2. The summed E-state index contributed by atoms with van der Waals surface area (Å²) in [5.74, 6) is 0. The Morgan fingerprint density at radius 3 is 2.57 bits per heavy atom. The minimum Gasteiger partial charge on any atom is -0.309 e. The monoisotopic (exact) mass is 289 g/mol. The maximum Gasteiger partial charge on any atom is 0.0547 e. The highest BCUT2D eigenvalue weighted by molar-refractivity contribution is 5.11. The van der Waals surface area contributed by atoms with Crippen LogP contribution in [0.2, 0.25) is 0 Å². The Balaban J connectivity index is 1.95. The molecule has 21 heavy (non-hydrogen) atoms. The lowest BCUT2D eigenvalue weighted by Gasteiger charge is -2.33. The zero-order valence-corrected chi connectivity index (χ0v) is 13.9. The van der Waals surface area contributed by atoms with E-state index in [1.54, 1.807) is 0 Å². The smallest absolute Gasteiger partial charge is 0.0547 e. The van der Waals surface area contributed by atoms with Crippen molar-refractivity contribution < 1.29 is 0 Å². The predicted octanol–water partition coefficient (Wildman–Crippen LogP) is 3.73. The van der Waals surface area contributed by atoms with Crippen LogP contribution < -0.4 is 5.32 Å². The largest absolute Gasteiger partial charge is 0.309 e. The Morgan fingerprint density at radius 2 is 1.90 bits per heavy atom. The first-order valence-corrected chi connectivity index (χ1v) is 8.61. The second-order valence-corrected chi connectivity index (χ2v) is 6.51. The molecule has 0 spiro atoms. The Kier molecular flexibility index (Phi) is 6.65. The number of hydrogen-bond acceptors (Lipinski definition) is 3. The lowest BCUT2D eigenvalue weighted by atomic mass is 9.94.